The van der Waals surface area contributed by atoms with Crippen LogP contribution in [0.25, 0.3) is 10.4 Å². The monoisotopic (exact) mass is 949 g/mol. The van der Waals surface area contributed by atoms with Crippen molar-refractivity contribution >= 4 is 11.9 Å². The first-order valence-electron chi connectivity index (χ1n) is 22.6. The fourth-order valence-corrected chi connectivity index (χ4v) is 8.11. The predicted molar refractivity (Wildman–Crippen MR) is 242 cm³/mol. The first kappa shape index (κ1) is 57.2. The van der Waals surface area contributed by atoms with E-state index < -0.39 is 147 Å². The van der Waals surface area contributed by atoms with Crippen molar-refractivity contribution in [3.05, 3.63) is 95.5 Å². The molecule has 19 atom stereocenters. The zero-order valence-corrected chi connectivity index (χ0v) is 38.3. The molecule has 2 fully saturated rings. The van der Waals surface area contributed by atoms with Gasteiger partial charge in [0.05, 0.1) is 79.6 Å². The minimum absolute atomic E-state index is 0.121. The number of carbonyl (C=O) groups is 2. The summed E-state index contributed by atoms with van der Waals surface area (Å²) in [6.07, 6.45) is 2.10. The van der Waals surface area contributed by atoms with Gasteiger partial charge >= 0.3 is 11.9 Å². The van der Waals surface area contributed by atoms with E-state index in [1.54, 1.807) is 86.8 Å². The van der Waals surface area contributed by atoms with Crippen molar-refractivity contribution < 1.29 is 84.7 Å². The van der Waals surface area contributed by atoms with Gasteiger partial charge in [0.15, 0.2) is 12.1 Å². The highest BCUT2D eigenvalue weighted by molar-refractivity contribution is 5.71. The number of azide groups is 1. The highest BCUT2D eigenvalue weighted by Crippen LogP contribution is 2.38. The second kappa shape index (κ2) is 28.4. The highest BCUT2D eigenvalue weighted by Gasteiger charge is 2.51. The molecule has 0 spiro atoms. The van der Waals surface area contributed by atoms with Gasteiger partial charge in [-0.1, -0.05) is 104 Å². The van der Waals surface area contributed by atoms with E-state index in [2.05, 4.69) is 10.0 Å². The third-order valence-corrected chi connectivity index (χ3v) is 12.1. The largest absolute Gasteiger partial charge is 0.481 e. The molecule has 376 valence electrons. The van der Waals surface area contributed by atoms with E-state index >= 15 is 0 Å². The minimum Gasteiger partial charge on any atom is -0.481 e. The lowest BCUT2D eigenvalue weighted by Crippen LogP contribution is -2.58. The molecule has 0 aliphatic carbocycles. The number of ether oxygens (including phenoxy) is 4. The number of aliphatic carboxylic acids is 1. The maximum absolute atomic E-state index is 12.6. The molecule has 0 radical (unpaired) electrons. The summed E-state index contributed by atoms with van der Waals surface area (Å²) < 4.78 is 23.1. The normalized spacial score (nSPS) is 44.3. The summed E-state index contributed by atoms with van der Waals surface area (Å²) in [5, 5.41) is 122. The van der Waals surface area contributed by atoms with Crippen molar-refractivity contribution in [2.45, 2.75) is 177 Å². The van der Waals surface area contributed by atoms with Crippen LogP contribution in [-0.2, 0) is 28.5 Å². The summed E-state index contributed by atoms with van der Waals surface area (Å²) in [5.41, 5.74) is 9.06. The van der Waals surface area contributed by atoms with Gasteiger partial charge in [0.1, 0.15) is 18.1 Å². The Bertz CT molecular complexity index is 1800. The van der Waals surface area contributed by atoms with Gasteiger partial charge in [-0.25, -0.2) is 0 Å². The molecule has 3 aliphatic rings. The molecule has 1 unspecified atom stereocenters. The molecule has 2 saturated heterocycles. The average molecular weight is 950 g/mol. The summed E-state index contributed by atoms with van der Waals surface area (Å²) in [7, 11) is 0. The third-order valence-electron chi connectivity index (χ3n) is 12.1. The Morgan fingerprint density at radius 1 is 0.701 bits per heavy atom. The molecule has 11 N–H and O–H groups in total. The van der Waals surface area contributed by atoms with Gasteiger partial charge in [-0.15, -0.1) is 0 Å². The smallest absolute Gasteiger partial charge is 0.311 e. The molecule has 3 aliphatic heterocycles. The first-order chi connectivity index (χ1) is 31.7. The molecular weight excluding hydrogens is 879 g/mol. The molecule has 3 heterocycles. The maximum Gasteiger partial charge on any atom is 0.311 e. The topological polar surface area (TPSA) is 342 Å². The van der Waals surface area contributed by atoms with Crippen LogP contribution < -0.4 is 0 Å². The quantitative estimate of drug-likeness (QED) is 0.0831. The lowest BCUT2D eigenvalue weighted by atomic mass is 9.82. The van der Waals surface area contributed by atoms with Crippen molar-refractivity contribution in [1.82, 2.24) is 0 Å². The number of rotatable bonds is 4. The number of esters is 1. The molecule has 20 nitrogen and oxygen atoms in total. The van der Waals surface area contributed by atoms with E-state index in [9.17, 15) is 65.8 Å². The van der Waals surface area contributed by atoms with Crippen LogP contribution >= 0.6 is 0 Å². The van der Waals surface area contributed by atoms with Crippen molar-refractivity contribution in [2.75, 3.05) is 0 Å². The summed E-state index contributed by atoms with van der Waals surface area (Å²) in [6, 6.07) is -1.38. The third kappa shape index (κ3) is 19.1. The van der Waals surface area contributed by atoms with Crippen LogP contribution in [0, 0.1) is 17.8 Å². The number of hydrogen-bond acceptors (Lipinski definition) is 17. The van der Waals surface area contributed by atoms with E-state index in [0.717, 1.165) is 0 Å². The van der Waals surface area contributed by atoms with Gasteiger partial charge in [0, 0.05) is 42.4 Å². The van der Waals surface area contributed by atoms with Crippen molar-refractivity contribution in [3.8, 4) is 0 Å². The Labute approximate surface area is 390 Å². The Kier molecular flexibility index (Phi) is 24.3. The van der Waals surface area contributed by atoms with Crippen LogP contribution in [0.3, 0.4) is 0 Å². The summed E-state index contributed by atoms with van der Waals surface area (Å²) >= 11 is 0. The van der Waals surface area contributed by atoms with Crippen LogP contribution in [0.2, 0.25) is 0 Å². The van der Waals surface area contributed by atoms with Gasteiger partial charge in [-0.2, -0.15) is 0 Å². The fraction of sp³-hybridized carbons (Fsp3) is 0.660. The van der Waals surface area contributed by atoms with E-state index in [0.29, 0.717) is 0 Å². The SMILES string of the molecule is C[C@@H]1[C@H](O)[C@@H](C)/C=C/C=C/C=C/C=C/C=C/C=C/C=C/[C@H](O[C@@H]2O[C@H](C)[C@@H](O)[C@H](N=[N+]=[N-])[C@H]2O)C[C@@H]2O[C@](O)(C[C@@H](O)C[C@@H](O)C(O)CC[C@@H](O)C[C@@H](O)CC(=O)O[C@H]1C)C[C@H](O)[C@H]2C(=O)O. The van der Waals surface area contributed by atoms with Crippen LogP contribution in [0.15, 0.2) is 90.2 Å². The molecule has 0 aromatic heterocycles. The second-order valence-electron chi connectivity index (χ2n) is 17.7. The molecule has 2 bridgehead atoms. The summed E-state index contributed by atoms with van der Waals surface area (Å²) in [5.74, 6) is -6.97. The number of allylic oxidation sites excluding steroid dienone is 12. The average Bonchev–Trinajstić information content (AvgIpc) is 3.24. The van der Waals surface area contributed by atoms with E-state index in [1.165, 1.54) is 13.0 Å². The molecule has 0 aromatic rings. The van der Waals surface area contributed by atoms with Crippen LogP contribution in [-0.4, -0.2) is 166 Å². The number of aliphatic hydroxyl groups is 10. The van der Waals surface area contributed by atoms with Gasteiger partial charge in [-0.3, -0.25) is 9.59 Å². The van der Waals surface area contributed by atoms with Gasteiger partial charge in [0.25, 0.3) is 0 Å². The molecular formula is C47H71N3O17. The van der Waals surface area contributed by atoms with E-state index in [1.807, 2.05) is 13.0 Å². The number of aliphatic hydroxyl groups excluding tert-OH is 9. The number of fused-ring (bicyclic) bond motifs is 2. The first-order valence-corrected chi connectivity index (χ1v) is 22.6. The molecule has 67 heavy (non-hydrogen) atoms. The van der Waals surface area contributed by atoms with Crippen LogP contribution in [0.1, 0.15) is 79.1 Å². The maximum atomic E-state index is 12.6. The number of carbonyl (C=O) groups excluding carboxylic acids is 1. The number of carboxylic acids is 1. The van der Waals surface area contributed by atoms with Crippen molar-refractivity contribution in [3.63, 3.8) is 0 Å². The van der Waals surface area contributed by atoms with Crippen LogP contribution in [0.5, 0.6) is 0 Å². The van der Waals surface area contributed by atoms with Gasteiger partial charge in [0.2, 0.25) is 0 Å². The zero-order valence-electron chi connectivity index (χ0n) is 38.3. The van der Waals surface area contributed by atoms with E-state index in [4.69, 9.17) is 24.5 Å². The highest BCUT2D eigenvalue weighted by atomic mass is 16.7. The molecule has 20 heteroatoms. The molecule has 3 rings (SSSR count). The Morgan fingerprint density at radius 3 is 1.87 bits per heavy atom. The summed E-state index contributed by atoms with van der Waals surface area (Å²) in [6.45, 7) is 6.65. The Balaban J connectivity index is 1.89. The number of cyclic esters (lactones) is 1. The molecule has 0 saturated carbocycles. The van der Waals surface area contributed by atoms with Crippen molar-refractivity contribution in [2.24, 2.45) is 22.9 Å². The Morgan fingerprint density at radius 2 is 1.28 bits per heavy atom. The lowest BCUT2D eigenvalue weighted by molar-refractivity contribution is -0.308. The second-order valence-corrected chi connectivity index (χ2v) is 17.7. The predicted octanol–water partition coefficient (Wildman–Crippen LogP) is 2.06. The number of nitrogens with zero attached hydrogens (tertiary/aromatic N) is 3. The molecule has 0 aromatic carbocycles. The Hall–Kier alpha value is -4.09. The number of carboxylic acid groups (broad SMARTS) is 1. The van der Waals surface area contributed by atoms with Crippen LogP contribution in [0.4, 0.5) is 0 Å². The molecule has 0 amide bonds. The minimum atomic E-state index is -2.36. The lowest BCUT2D eigenvalue weighted by Gasteiger charge is -2.45. The summed E-state index contributed by atoms with van der Waals surface area (Å²) in [4.78, 5) is 27.8. The standard InChI is InChI=1S/C47H71N3O17/c1-27-17-15-13-11-9-7-5-6-8-10-12-14-16-18-34(66-46-44(60)41(49-50-48)43(59)30(4)65-46)24-38-40(45(61)62)37(56)26-47(63,67-38)25-33(53)22-36(55)35(54)20-19-31(51)21-32(52)23-39(57)64-29(3)28(2)42(27)58/h5-18,27-38,40-44,46,51-56,58-60,63H,19-26H2,1-4H3,(H,61,62)/b6-5+,9-7+,10-8+,13-11+,14-12+,17-15+,18-16+/t27-,28-,29-,30+,31+,32+,33-,34-,35?,36+,37-,38-,40+,41-,42+,43+,44+,46-,47+/m0/s1. The van der Waals surface area contributed by atoms with E-state index in [-0.39, 0.29) is 31.6 Å². The fourth-order valence-electron chi connectivity index (χ4n) is 8.11. The zero-order chi connectivity index (χ0) is 49.8. The van der Waals surface area contributed by atoms with Gasteiger partial charge < -0.3 is 75.1 Å². The number of hydrogen-bond donors (Lipinski definition) is 11. The van der Waals surface area contributed by atoms with Gasteiger partial charge in [-0.05, 0) is 38.6 Å². The van der Waals surface area contributed by atoms with Crippen molar-refractivity contribution in [1.29, 1.82) is 0 Å².